The summed E-state index contributed by atoms with van der Waals surface area (Å²) in [5.41, 5.74) is 14.2. The molecule has 4 fully saturated rings. The smallest absolute Gasteiger partial charge is 0.164 e. The molecule has 0 radical (unpaired) electrons. The molecule has 0 N–H and O–H groups in total. The quantitative estimate of drug-likeness (QED) is 0.178. The molecule has 3 heteroatoms. The molecule has 0 amide bonds. The number of aromatic nitrogens is 3. The van der Waals surface area contributed by atoms with Crippen LogP contribution >= 0.6 is 0 Å². The van der Waals surface area contributed by atoms with E-state index in [1.807, 2.05) is 18.2 Å². The lowest BCUT2D eigenvalue weighted by Crippen LogP contribution is -2.55. The van der Waals surface area contributed by atoms with Gasteiger partial charge < -0.3 is 0 Å². The van der Waals surface area contributed by atoms with Gasteiger partial charge in [-0.3, -0.25) is 0 Å². The molecule has 0 unspecified atom stereocenters. The summed E-state index contributed by atoms with van der Waals surface area (Å²) in [6.45, 7) is 0. The van der Waals surface area contributed by atoms with Crippen LogP contribution in [0.1, 0.15) is 43.2 Å². The molecule has 268 valence electrons. The molecule has 0 saturated heterocycles. The van der Waals surface area contributed by atoms with Gasteiger partial charge in [0, 0.05) is 22.1 Å². The van der Waals surface area contributed by atoms with E-state index >= 15 is 0 Å². The number of nitrogens with zero attached hydrogens (tertiary/aromatic N) is 3. The molecule has 3 nitrogen and oxygen atoms in total. The van der Waals surface area contributed by atoms with Crippen molar-refractivity contribution in [1.82, 2.24) is 15.0 Å². The Kier molecular flexibility index (Phi) is 7.11. The van der Waals surface area contributed by atoms with Gasteiger partial charge in [0.15, 0.2) is 17.5 Å². The second-order valence-electron chi connectivity index (χ2n) is 16.8. The van der Waals surface area contributed by atoms with Crippen molar-refractivity contribution in [3.05, 3.63) is 175 Å². The normalized spacial score (nSPS) is 22.7. The first kappa shape index (κ1) is 32.1. The van der Waals surface area contributed by atoms with Crippen LogP contribution in [0.3, 0.4) is 0 Å². The highest BCUT2D eigenvalue weighted by atomic mass is 15.0. The van der Waals surface area contributed by atoms with Gasteiger partial charge in [-0.2, -0.15) is 0 Å². The van der Waals surface area contributed by atoms with Crippen molar-refractivity contribution in [1.29, 1.82) is 0 Å². The minimum absolute atomic E-state index is 0.162. The predicted molar refractivity (Wildman–Crippen MR) is 228 cm³/mol. The second-order valence-corrected chi connectivity index (χ2v) is 16.8. The maximum absolute atomic E-state index is 5.16. The summed E-state index contributed by atoms with van der Waals surface area (Å²) in [4.78, 5) is 15.3. The van der Waals surface area contributed by atoms with Crippen LogP contribution in [0.5, 0.6) is 0 Å². The molecule has 4 bridgehead atoms. The van der Waals surface area contributed by atoms with Gasteiger partial charge in [-0.25, -0.2) is 15.0 Å². The third-order valence-electron chi connectivity index (χ3n) is 13.9. The van der Waals surface area contributed by atoms with E-state index in [-0.39, 0.29) is 5.41 Å². The van der Waals surface area contributed by atoms with E-state index in [4.69, 9.17) is 15.0 Å². The molecule has 8 aromatic rings. The zero-order chi connectivity index (χ0) is 36.8. The van der Waals surface area contributed by atoms with E-state index in [1.165, 1.54) is 59.9 Å². The highest BCUT2D eigenvalue weighted by Gasteiger charge is 2.61. The van der Waals surface area contributed by atoms with E-state index in [0.717, 1.165) is 56.7 Å². The van der Waals surface area contributed by atoms with E-state index in [9.17, 15) is 0 Å². The number of rotatable bonds is 5. The third-order valence-corrected chi connectivity index (χ3v) is 13.9. The summed E-state index contributed by atoms with van der Waals surface area (Å²) in [6.07, 6.45) is 7.06. The highest BCUT2D eigenvalue weighted by Crippen LogP contribution is 2.70. The van der Waals surface area contributed by atoms with Gasteiger partial charge >= 0.3 is 0 Å². The Balaban J connectivity index is 0.969. The Labute approximate surface area is 328 Å². The van der Waals surface area contributed by atoms with E-state index in [0.29, 0.717) is 17.5 Å². The molecule has 1 aromatic heterocycles. The van der Waals surface area contributed by atoms with Crippen molar-refractivity contribution >= 4 is 10.8 Å². The largest absolute Gasteiger partial charge is 0.208 e. The first-order valence-electron chi connectivity index (χ1n) is 20.4. The Morgan fingerprint density at radius 2 is 0.893 bits per heavy atom. The SMILES string of the molecule is c1ccc(-c2nc(-c3cccc(-c4cccc(-c5cccc6c5-c5ccccc5C65C6CC7CC(C6)CC5C7)c4)c3)nc(-c3cccc4ccccc34)n2)cc1. The topological polar surface area (TPSA) is 38.7 Å². The van der Waals surface area contributed by atoms with Crippen LogP contribution in [0.15, 0.2) is 164 Å². The molecule has 5 aliphatic carbocycles. The molecule has 7 aromatic carbocycles. The summed E-state index contributed by atoms with van der Waals surface area (Å²) >= 11 is 0. The average molecular weight is 720 g/mol. The summed E-state index contributed by atoms with van der Waals surface area (Å²) in [7, 11) is 0. The fourth-order valence-electron chi connectivity index (χ4n) is 11.9. The lowest BCUT2D eigenvalue weighted by molar-refractivity contribution is -0.0399. The number of hydrogen-bond acceptors (Lipinski definition) is 3. The lowest BCUT2D eigenvalue weighted by Gasteiger charge is -2.61. The number of benzene rings is 7. The molecular formula is C53H41N3. The van der Waals surface area contributed by atoms with Crippen LogP contribution < -0.4 is 0 Å². The highest BCUT2D eigenvalue weighted by molar-refractivity contribution is 5.96. The lowest BCUT2D eigenvalue weighted by atomic mass is 9.43. The van der Waals surface area contributed by atoms with Crippen molar-refractivity contribution in [2.24, 2.45) is 23.7 Å². The molecule has 4 saturated carbocycles. The van der Waals surface area contributed by atoms with Crippen LogP contribution in [-0.2, 0) is 5.41 Å². The minimum Gasteiger partial charge on any atom is -0.208 e. The Hall–Kier alpha value is -6.19. The zero-order valence-corrected chi connectivity index (χ0v) is 31.3. The zero-order valence-electron chi connectivity index (χ0n) is 31.3. The van der Waals surface area contributed by atoms with Crippen molar-refractivity contribution in [3.8, 4) is 67.5 Å². The Bertz CT molecular complexity index is 2800. The second kappa shape index (κ2) is 12.4. The minimum atomic E-state index is 0.162. The van der Waals surface area contributed by atoms with Crippen LogP contribution in [0.4, 0.5) is 0 Å². The maximum atomic E-state index is 5.16. The molecule has 0 aliphatic heterocycles. The number of hydrogen-bond donors (Lipinski definition) is 0. The monoisotopic (exact) mass is 719 g/mol. The fourth-order valence-corrected chi connectivity index (χ4v) is 11.9. The summed E-state index contributed by atoms with van der Waals surface area (Å²) in [5.74, 6) is 5.38. The Morgan fingerprint density at radius 1 is 0.375 bits per heavy atom. The Morgan fingerprint density at radius 3 is 1.70 bits per heavy atom. The van der Waals surface area contributed by atoms with Crippen molar-refractivity contribution in [2.45, 2.75) is 37.5 Å². The fraction of sp³-hybridized carbons (Fsp3) is 0.189. The molecule has 5 aliphatic rings. The molecule has 56 heavy (non-hydrogen) atoms. The van der Waals surface area contributed by atoms with Crippen LogP contribution in [0.2, 0.25) is 0 Å². The van der Waals surface area contributed by atoms with Gasteiger partial charge in [0.25, 0.3) is 0 Å². The van der Waals surface area contributed by atoms with Gasteiger partial charge in [-0.1, -0.05) is 152 Å². The van der Waals surface area contributed by atoms with Crippen LogP contribution in [-0.4, -0.2) is 15.0 Å². The number of fused-ring (bicyclic) bond motifs is 4. The summed E-state index contributed by atoms with van der Waals surface area (Å²) < 4.78 is 0. The van der Waals surface area contributed by atoms with E-state index in [2.05, 4.69) is 146 Å². The predicted octanol–water partition coefficient (Wildman–Crippen LogP) is 13.1. The van der Waals surface area contributed by atoms with E-state index < -0.39 is 0 Å². The molecule has 1 spiro atoms. The summed E-state index contributed by atoms with van der Waals surface area (Å²) in [5, 5.41) is 2.29. The van der Waals surface area contributed by atoms with Gasteiger partial charge in [-0.05, 0) is 123 Å². The maximum Gasteiger partial charge on any atom is 0.164 e. The van der Waals surface area contributed by atoms with Crippen molar-refractivity contribution in [3.63, 3.8) is 0 Å². The van der Waals surface area contributed by atoms with Crippen LogP contribution in [0, 0.1) is 23.7 Å². The molecule has 13 rings (SSSR count). The molecule has 0 atom stereocenters. The first-order valence-corrected chi connectivity index (χ1v) is 20.4. The molecular weight excluding hydrogens is 679 g/mol. The average Bonchev–Trinajstić information content (AvgIpc) is 3.56. The van der Waals surface area contributed by atoms with Gasteiger partial charge in [0.2, 0.25) is 0 Å². The van der Waals surface area contributed by atoms with Gasteiger partial charge in [0.05, 0.1) is 0 Å². The van der Waals surface area contributed by atoms with Crippen molar-refractivity contribution < 1.29 is 0 Å². The first-order chi connectivity index (χ1) is 27.7. The van der Waals surface area contributed by atoms with Gasteiger partial charge in [0.1, 0.15) is 0 Å². The van der Waals surface area contributed by atoms with Crippen LogP contribution in [0.25, 0.3) is 78.3 Å². The molecule has 1 heterocycles. The van der Waals surface area contributed by atoms with Gasteiger partial charge in [-0.15, -0.1) is 0 Å². The third kappa shape index (κ3) is 4.79. The summed E-state index contributed by atoms with van der Waals surface area (Å²) in [6, 6.07) is 59.5. The van der Waals surface area contributed by atoms with Crippen molar-refractivity contribution in [2.75, 3.05) is 0 Å². The standard InChI is InChI=1S/C53H41N3/c1-2-13-36(14-3-1)50-54-51(56-52(55-50)45-23-10-15-35-12-4-5-20-43(35)45)40-19-9-17-38(32-40)37-16-8-18-39(31-37)44-22-11-25-48-49(44)46-21-6-7-24-47(46)53(48)41-27-33-26-34(29-41)30-42(53)28-33/h1-25,31-34,41-42H,26-30H2. The van der Waals surface area contributed by atoms with E-state index in [1.54, 1.807) is 11.1 Å².